The van der Waals surface area contributed by atoms with Crippen molar-refractivity contribution in [2.45, 2.75) is 78.2 Å². The second-order valence-electron chi connectivity index (χ2n) is 5.43. The van der Waals surface area contributed by atoms with Crippen LogP contribution in [-0.4, -0.2) is 12.6 Å². The molecule has 1 nitrogen and oxygen atoms in total. The molecule has 0 saturated heterocycles. The molecule has 0 aliphatic rings. The minimum absolute atomic E-state index is 0.681. The Morgan fingerprint density at radius 3 is 2.42 bits per heavy atom. The summed E-state index contributed by atoms with van der Waals surface area (Å²) in [6, 6.07) is 5.31. The van der Waals surface area contributed by atoms with E-state index in [1.165, 1.54) is 56.2 Å². The second-order valence-corrected chi connectivity index (χ2v) is 6.68. The predicted octanol–water partition coefficient (Wildman–Crippen LogP) is 5.19. The molecule has 2 heteroatoms. The molecule has 0 bridgehead atoms. The van der Waals surface area contributed by atoms with Crippen LogP contribution in [0.2, 0.25) is 0 Å². The predicted molar refractivity (Wildman–Crippen MR) is 88.2 cm³/mol. The number of aryl methyl sites for hydroxylation is 1. The van der Waals surface area contributed by atoms with E-state index in [0.717, 1.165) is 6.54 Å². The first-order chi connectivity index (χ1) is 9.30. The van der Waals surface area contributed by atoms with Gasteiger partial charge in [0.1, 0.15) is 0 Å². The standard InChI is InChI=1S/C17H31NS/c1-4-7-8-9-10-15(18-13-5-2)14-17-12-11-16(6-3)19-17/h11-12,15,18H,4-10,13-14H2,1-3H3. The van der Waals surface area contributed by atoms with Gasteiger partial charge < -0.3 is 5.32 Å². The van der Waals surface area contributed by atoms with E-state index in [4.69, 9.17) is 0 Å². The quantitative estimate of drug-likeness (QED) is 0.550. The number of thiophene rings is 1. The molecule has 0 aliphatic carbocycles. The van der Waals surface area contributed by atoms with Crippen molar-refractivity contribution in [2.24, 2.45) is 0 Å². The van der Waals surface area contributed by atoms with Crippen LogP contribution in [0.5, 0.6) is 0 Å². The maximum Gasteiger partial charge on any atom is 0.0115 e. The molecule has 110 valence electrons. The van der Waals surface area contributed by atoms with Crippen LogP contribution in [0.1, 0.15) is 69.1 Å². The molecule has 1 unspecified atom stereocenters. The van der Waals surface area contributed by atoms with Crippen molar-refractivity contribution in [1.82, 2.24) is 5.32 Å². The van der Waals surface area contributed by atoms with Gasteiger partial charge in [-0.2, -0.15) is 0 Å². The highest BCUT2D eigenvalue weighted by atomic mass is 32.1. The molecule has 1 aromatic heterocycles. The van der Waals surface area contributed by atoms with Gasteiger partial charge in [-0.3, -0.25) is 0 Å². The Kier molecular flexibility index (Phi) is 9.19. The summed E-state index contributed by atoms with van der Waals surface area (Å²) in [6.45, 7) is 7.93. The Balaban J connectivity index is 2.38. The zero-order valence-corrected chi connectivity index (χ0v) is 13.8. The van der Waals surface area contributed by atoms with E-state index in [0.29, 0.717) is 6.04 Å². The molecule has 0 fully saturated rings. The average Bonchev–Trinajstić information content (AvgIpc) is 2.88. The summed E-state index contributed by atoms with van der Waals surface area (Å²) < 4.78 is 0. The topological polar surface area (TPSA) is 12.0 Å². The summed E-state index contributed by atoms with van der Waals surface area (Å²) in [5.74, 6) is 0. The first-order valence-corrected chi connectivity index (χ1v) is 8.92. The van der Waals surface area contributed by atoms with Gasteiger partial charge in [0.15, 0.2) is 0 Å². The molecule has 19 heavy (non-hydrogen) atoms. The molecular weight excluding hydrogens is 250 g/mol. The van der Waals surface area contributed by atoms with Crippen molar-refractivity contribution in [3.8, 4) is 0 Å². The number of hydrogen-bond acceptors (Lipinski definition) is 2. The lowest BCUT2D eigenvalue weighted by Gasteiger charge is -2.17. The van der Waals surface area contributed by atoms with Gasteiger partial charge in [0.25, 0.3) is 0 Å². The molecule has 0 radical (unpaired) electrons. The van der Waals surface area contributed by atoms with E-state index in [9.17, 15) is 0 Å². The molecule has 1 aromatic rings. The van der Waals surface area contributed by atoms with Gasteiger partial charge in [-0.1, -0.05) is 46.5 Å². The monoisotopic (exact) mass is 281 g/mol. The van der Waals surface area contributed by atoms with Crippen molar-refractivity contribution in [3.05, 3.63) is 21.9 Å². The smallest absolute Gasteiger partial charge is 0.0115 e. The maximum absolute atomic E-state index is 3.73. The number of rotatable bonds is 11. The third-order valence-electron chi connectivity index (χ3n) is 3.60. The fourth-order valence-electron chi connectivity index (χ4n) is 2.41. The Bertz CT molecular complexity index is 319. The molecule has 1 heterocycles. The minimum atomic E-state index is 0.681. The SMILES string of the molecule is CCCCCCC(Cc1ccc(CC)s1)NCCC. The van der Waals surface area contributed by atoms with Crippen molar-refractivity contribution in [2.75, 3.05) is 6.54 Å². The van der Waals surface area contributed by atoms with Gasteiger partial charge in [-0.25, -0.2) is 0 Å². The summed E-state index contributed by atoms with van der Waals surface area (Å²) in [5.41, 5.74) is 0. The Morgan fingerprint density at radius 2 is 1.79 bits per heavy atom. The van der Waals surface area contributed by atoms with Crippen LogP contribution in [0.25, 0.3) is 0 Å². The van der Waals surface area contributed by atoms with Crippen molar-refractivity contribution in [3.63, 3.8) is 0 Å². The largest absolute Gasteiger partial charge is 0.314 e. The lowest BCUT2D eigenvalue weighted by atomic mass is 10.0. The molecule has 0 spiro atoms. The Labute approximate surface area is 123 Å². The van der Waals surface area contributed by atoms with Crippen LogP contribution in [0.4, 0.5) is 0 Å². The van der Waals surface area contributed by atoms with Crippen LogP contribution in [0, 0.1) is 0 Å². The highest BCUT2D eigenvalue weighted by Crippen LogP contribution is 2.20. The van der Waals surface area contributed by atoms with Gasteiger partial charge >= 0.3 is 0 Å². The van der Waals surface area contributed by atoms with Crippen LogP contribution in [0.3, 0.4) is 0 Å². The van der Waals surface area contributed by atoms with Gasteiger partial charge in [-0.15, -0.1) is 11.3 Å². The summed E-state index contributed by atoms with van der Waals surface area (Å²) in [6.07, 6.45) is 10.4. The number of hydrogen-bond donors (Lipinski definition) is 1. The van der Waals surface area contributed by atoms with Crippen LogP contribution >= 0.6 is 11.3 Å². The summed E-state index contributed by atoms with van der Waals surface area (Å²) in [4.78, 5) is 3.08. The average molecular weight is 282 g/mol. The molecule has 0 amide bonds. The summed E-state index contributed by atoms with van der Waals surface area (Å²) >= 11 is 2.00. The lowest BCUT2D eigenvalue weighted by Crippen LogP contribution is -2.31. The van der Waals surface area contributed by atoms with Crippen LogP contribution < -0.4 is 5.32 Å². The fraction of sp³-hybridized carbons (Fsp3) is 0.765. The zero-order valence-electron chi connectivity index (χ0n) is 13.0. The van der Waals surface area contributed by atoms with Gasteiger partial charge in [-0.05, 0) is 44.4 Å². The van der Waals surface area contributed by atoms with E-state index in [-0.39, 0.29) is 0 Å². The normalized spacial score (nSPS) is 12.8. The van der Waals surface area contributed by atoms with Crippen molar-refractivity contribution < 1.29 is 0 Å². The summed E-state index contributed by atoms with van der Waals surface area (Å²) in [7, 11) is 0. The molecule has 0 saturated carbocycles. The van der Waals surface area contributed by atoms with Gasteiger partial charge in [0.2, 0.25) is 0 Å². The van der Waals surface area contributed by atoms with Crippen LogP contribution in [0.15, 0.2) is 12.1 Å². The molecule has 0 aliphatic heterocycles. The molecule has 0 aromatic carbocycles. The molecule has 1 atom stereocenters. The Morgan fingerprint density at radius 1 is 1.00 bits per heavy atom. The van der Waals surface area contributed by atoms with E-state index in [1.54, 1.807) is 4.88 Å². The lowest BCUT2D eigenvalue weighted by molar-refractivity contribution is 0.455. The third-order valence-corrected chi connectivity index (χ3v) is 4.85. The van der Waals surface area contributed by atoms with Gasteiger partial charge in [0, 0.05) is 15.8 Å². The Hall–Kier alpha value is -0.340. The number of nitrogens with one attached hydrogen (secondary N) is 1. The van der Waals surface area contributed by atoms with Gasteiger partial charge in [0.05, 0.1) is 0 Å². The third kappa shape index (κ3) is 7.12. The first-order valence-electron chi connectivity index (χ1n) is 8.11. The maximum atomic E-state index is 3.73. The van der Waals surface area contributed by atoms with E-state index >= 15 is 0 Å². The fourth-order valence-corrected chi connectivity index (χ4v) is 3.44. The second kappa shape index (κ2) is 10.4. The van der Waals surface area contributed by atoms with E-state index in [1.807, 2.05) is 11.3 Å². The van der Waals surface area contributed by atoms with E-state index in [2.05, 4.69) is 38.2 Å². The summed E-state index contributed by atoms with van der Waals surface area (Å²) in [5, 5.41) is 3.73. The molecule has 1 rings (SSSR count). The minimum Gasteiger partial charge on any atom is -0.314 e. The van der Waals surface area contributed by atoms with Crippen molar-refractivity contribution in [1.29, 1.82) is 0 Å². The van der Waals surface area contributed by atoms with Crippen LogP contribution in [-0.2, 0) is 12.8 Å². The van der Waals surface area contributed by atoms with E-state index < -0.39 is 0 Å². The zero-order chi connectivity index (χ0) is 13.9. The molecular formula is C17H31NS. The number of unbranched alkanes of at least 4 members (excludes halogenated alkanes) is 3. The highest BCUT2D eigenvalue weighted by Gasteiger charge is 2.10. The first kappa shape index (κ1) is 16.7. The highest BCUT2D eigenvalue weighted by molar-refractivity contribution is 7.11. The van der Waals surface area contributed by atoms with Crippen molar-refractivity contribution >= 4 is 11.3 Å². The molecule has 1 N–H and O–H groups in total.